The van der Waals surface area contributed by atoms with Crippen molar-refractivity contribution in [2.24, 2.45) is 5.73 Å². The molecule has 3 N–H and O–H groups in total. The highest BCUT2D eigenvalue weighted by Crippen LogP contribution is 2.02. The first-order valence-electron chi connectivity index (χ1n) is 4.07. The Labute approximate surface area is 69.1 Å². The van der Waals surface area contributed by atoms with Gasteiger partial charge in [-0.15, -0.1) is 0 Å². The summed E-state index contributed by atoms with van der Waals surface area (Å²) >= 11 is 0. The van der Waals surface area contributed by atoms with E-state index in [0.29, 0.717) is 6.54 Å². The molecule has 0 spiro atoms. The van der Waals surface area contributed by atoms with Crippen LogP contribution in [0.5, 0.6) is 0 Å². The summed E-state index contributed by atoms with van der Waals surface area (Å²) in [6, 6.07) is 0.241. The van der Waals surface area contributed by atoms with Gasteiger partial charge in [0, 0.05) is 11.8 Å². The van der Waals surface area contributed by atoms with Crippen molar-refractivity contribution in [1.82, 2.24) is 4.90 Å². The quantitative estimate of drug-likeness (QED) is 0.577. The molecular formula is C8H19N3. The zero-order valence-corrected chi connectivity index (χ0v) is 7.72. The lowest BCUT2D eigenvalue weighted by Crippen LogP contribution is -2.36. The normalized spacial score (nSPS) is 13.5. The standard InChI is InChI=1S/C8H19N3/c1-4-7(10)8(5-6-9)11(2)3/h8,10H,4-6,9H2,1-3H3. The Hall–Kier alpha value is -0.410. The summed E-state index contributed by atoms with van der Waals surface area (Å²) in [5.74, 6) is 0. The Kier molecular flexibility index (Phi) is 5.07. The first-order valence-corrected chi connectivity index (χ1v) is 4.07. The van der Waals surface area contributed by atoms with Crippen LogP contribution in [0.1, 0.15) is 19.8 Å². The van der Waals surface area contributed by atoms with Gasteiger partial charge < -0.3 is 16.0 Å². The molecule has 0 aromatic rings. The number of nitrogens with two attached hydrogens (primary N) is 1. The van der Waals surface area contributed by atoms with Crippen LogP contribution in [0.2, 0.25) is 0 Å². The third-order valence-electron chi connectivity index (χ3n) is 1.85. The predicted octanol–water partition coefficient (Wildman–Crippen LogP) is 0.695. The lowest BCUT2D eigenvalue weighted by Gasteiger charge is -2.23. The molecule has 66 valence electrons. The lowest BCUT2D eigenvalue weighted by atomic mass is 10.1. The molecule has 0 aliphatic carbocycles. The van der Waals surface area contributed by atoms with Gasteiger partial charge >= 0.3 is 0 Å². The second-order valence-corrected chi connectivity index (χ2v) is 2.94. The monoisotopic (exact) mass is 157 g/mol. The molecule has 0 heterocycles. The Morgan fingerprint density at radius 2 is 2.09 bits per heavy atom. The van der Waals surface area contributed by atoms with E-state index in [2.05, 4.69) is 4.90 Å². The number of hydrogen-bond donors (Lipinski definition) is 2. The number of nitrogens with zero attached hydrogens (tertiary/aromatic N) is 1. The Morgan fingerprint density at radius 3 is 2.36 bits per heavy atom. The van der Waals surface area contributed by atoms with Crippen LogP contribution in [-0.2, 0) is 0 Å². The van der Waals surface area contributed by atoms with E-state index >= 15 is 0 Å². The minimum absolute atomic E-state index is 0.241. The number of hydrogen-bond acceptors (Lipinski definition) is 3. The van der Waals surface area contributed by atoms with E-state index in [0.717, 1.165) is 18.6 Å². The minimum Gasteiger partial charge on any atom is -0.330 e. The van der Waals surface area contributed by atoms with E-state index in [1.807, 2.05) is 21.0 Å². The predicted molar refractivity (Wildman–Crippen MR) is 49.2 cm³/mol. The summed E-state index contributed by atoms with van der Waals surface area (Å²) in [5, 5.41) is 7.63. The van der Waals surface area contributed by atoms with Crippen molar-refractivity contribution in [2.75, 3.05) is 20.6 Å². The lowest BCUT2D eigenvalue weighted by molar-refractivity contribution is 0.345. The van der Waals surface area contributed by atoms with Crippen molar-refractivity contribution in [3.05, 3.63) is 0 Å². The van der Waals surface area contributed by atoms with Gasteiger partial charge in [-0.25, -0.2) is 0 Å². The van der Waals surface area contributed by atoms with Gasteiger partial charge in [-0.05, 0) is 33.5 Å². The van der Waals surface area contributed by atoms with Gasteiger partial charge in [-0.1, -0.05) is 6.92 Å². The van der Waals surface area contributed by atoms with E-state index in [1.54, 1.807) is 0 Å². The molecule has 1 atom stereocenters. The van der Waals surface area contributed by atoms with E-state index in [-0.39, 0.29) is 6.04 Å². The van der Waals surface area contributed by atoms with E-state index in [9.17, 15) is 0 Å². The average Bonchev–Trinajstić information content (AvgIpc) is 1.98. The minimum atomic E-state index is 0.241. The molecule has 11 heavy (non-hydrogen) atoms. The molecule has 0 aromatic carbocycles. The average molecular weight is 157 g/mol. The maximum Gasteiger partial charge on any atom is 0.0480 e. The summed E-state index contributed by atoms with van der Waals surface area (Å²) in [7, 11) is 3.98. The van der Waals surface area contributed by atoms with Crippen LogP contribution < -0.4 is 5.73 Å². The molecule has 0 aliphatic rings. The van der Waals surface area contributed by atoms with Crippen LogP contribution in [0.15, 0.2) is 0 Å². The van der Waals surface area contributed by atoms with Crippen LogP contribution in [0.25, 0.3) is 0 Å². The molecule has 0 aromatic heterocycles. The molecule has 0 rings (SSSR count). The molecule has 1 unspecified atom stereocenters. The molecule has 0 bridgehead atoms. The van der Waals surface area contributed by atoms with Gasteiger partial charge in [-0.2, -0.15) is 0 Å². The van der Waals surface area contributed by atoms with Crippen LogP contribution in [-0.4, -0.2) is 37.3 Å². The summed E-state index contributed by atoms with van der Waals surface area (Å²) < 4.78 is 0. The second kappa shape index (κ2) is 5.27. The molecule has 0 amide bonds. The first-order chi connectivity index (χ1) is 5.13. The van der Waals surface area contributed by atoms with Crippen LogP contribution in [0.3, 0.4) is 0 Å². The van der Waals surface area contributed by atoms with E-state index < -0.39 is 0 Å². The molecule has 0 radical (unpaired) electrons. The topological polar surface area (TPSA) is 53.1 Å². The van der Waals surface area contributed by atoms with Crippen molar-refractivity contribution in [3.8, 4) is 0 Å². The highest BCUT2D eigenvalue weighted by molar-refractivity contribution is 5.86. The summed E-state index contributed by atoms with van der Waals surface area (Å²) in [4.78, 5) is 2.05. The largest absolute Gasteiger partial charge is 0.330 e. The summed E-state index contributed by atoms with van der Waals surface area (Å²) in [6.45, 7) is 2.67. The zero-order chi connectivity index (χ0) is 8.85. The van der Waals surface area contributed by atoms with Gasteiger partial charge in [0.15, 0.2) is 0 Å². The third kappa shape index (κ3) is 3.49. The third-order valence-corrected chi connectivity index (χ3v) is 1.85. The fourth-order valence-corrected chi connectivity index (χ4v) is 1.14. The van der Waals surface area contributed by atoms with Crippen molar-refractivity contribution >= 4 is 5.71 Å². The SMILES string of the molecule is CCC(=N)C(CCN)N(C)C. The molecule has 3 heteroatoms. The zero-order valence-electron chi connectivity index (χ0n) is 7.72. The molecule has 0 aliphatic heterocycles. The Balaban J connectivity index is 3.98. The van der Waals surface area contributed by atoms with Crippen molar-refractivity contribution in [1.29, 1.82) is 5.41 Å². The van der Waals surface area contributed by atoms with E-state index in [4.69, 9.17) is 11.1 Å². The highest BCUT2D eigenvalue weighted by Gasteiger charge is 2.13. The summed E-state index contributed by atoms with van der Waals surface area (Å²) in [5.41, 5.74) is 6.21. The maximum absolute atomic E-state index is 7.63. The molecule has 0 fully saturated rings. The molecule has 0 saturated carbocycles. The molecule has 3 nitrogen and oxygen atoms in total. The van der Waals surface area contributed by atoms with E-state index in [1.165, 1.54) is 0 Å². The van der Waals surface area contributed by atoms with Gasteiger partial charge in [-0.3, -0.25) is 0 Å². The molecular weight excluding hydrogens is 138 g/mol. The van der Waals surface area contributed by atoms with Gasteiger partial charge in [0.1, 0.15) is 0 Å². The Morgan fingerprint density at radius 1 is 1.55 bits per heavy atom. The van der Waals surface area contributed by atoms with Crippen molar-refractivity contribution in [3.63, 3.8) is 0 Å². The van der Waals surface area contributed by atoms with Crippen LogP contribution in [0, 0.1) is 5.41 Å². The number of nitrogens with one attached hydrogen (secondary N) is 1. The fourth-order valence-electron chi connectivity index (χ4n) is 1.14. The molecule has 0 saturated heterocycles. The number of rotatable bonds is 5. The summed E-state index contributed by atoms with van der Waals surface area (Å²) in [6.07, 6.45) is 1.71. The second-order valence-electron chi connectivity index (χ2n) is 2.94. The van der Waals surface area contributed by atoms with Crippen LogP contribution >= 0.6 is 0 Å². The van der Waals surface area contributed by atoms with Gasteiger partial charge in [0.2, 0.25) is 0 Å². The fraction of sp³-hybridized carbons (Fsp3) is 0.875. The first kappa shape index (κ1) is 10.6. The van der Waals surface area contributed by atoms with Crippen molar-refractivity contribution in [2.45, 2.75) is 25.8 Å². The van der Waals surface area contributed by atoms with Gasteiger partial charge in [0.05, 0.1) is 0 Å². The van der Waals surface area contributed by atoms with Crippen molar-refractivity contribution < 1.29 is 0 Å². The Bertz CT molecular complexity index is 121. The smallest absolute Gasteiger partial charge is 0.0480 e. The highest BCUT2D eigenvalue weighted by atomic mass is 15.1. The van der Waals surface area contributed by atoms with Crippen LogP contribution in [0.4, 0.5) is 0 Å². The van der Waals surface area contributed by atoms with Gasteiger partial charge in [0.25, 0.3) is 0 Å². The maximum atomic E-state index is 7.63.